The minimum Gasteiger partial charge on any atom is -0.0622 e. The highest BCUT2D eigenvalue weighted by molar-refractivity contribution is 5.63. The predicted molar refractivity (Wildman–Crippen MR) is 99.8 cm³/mol. The minimum absolute atomic E-state index is 0.903. The molecule has 116 valence electrons. The fourth-order valence-electron chi connectivity index (χ4n) is 2.80. The molecule has 0 radical (unpaired) electrons. The van der Waals surface area contributed by atoms with Gasteiger partial charge in [-0.15, -0.1) is 0 Å². The van der Waals surface area contributed by atoms with Crippen LogP contribution in [0.1, 0.15) is 35.4 Å². The number of hydrogen-bond donors (Lipinski definition) is 0. The van der Waals surface area contributed by atoms with Gasteiger partial charge >= 0.3 is 0 Å². The quantitative estimate of drug-likeness (QED) is 0.504. The molecule has 1 fully saturated rings. The largest absolute Gasteiger partial charge is 0.0622 e. The second-order valence-electron chi connectivity index (χ2n) is 6.42. The second kappa shape index (κ2) is 7.28. The van der Waals surface area contributed by atoms with E-state index in [0.29, 0.717) is 0 Å². The maximum Gasteiger partial charge on any atom is -0.0161 e. The Labute approximate surface area is 139 Å². The van der Waals surface area contributed by atoms with Crippen molar-refractivity contribution in [3.8, 4) is 11.1 Å². The molecule has 1 aliphatic carbocycles. The van der Waals surface area contributed by atoms with Gasteiger partial charge in [-0.2, -0.15) is 0 Å². The first-order valence-electron chi connectivity index (χ1n) is 8.41. The molecule has 0 nitrogen and oxygen atoms in total. The molecule has 3 aromatic carbocycles. The van der Waals surface area contributed by atoms with E-state index in [1.54, 1.807) is 5.56 Å². The summed E-state index contributed by atoms with van der Waals surface area (Å²) >= 11 is 0. The maximum absolute atomic E-state index is 2.30. The number of rotatable bonds is 2. The summed E-state index contributed by atoms with van der Waals surface area (Å²) in [6, 6.07) is 27.9. The first-order chi connectivity index (χ1) is 11.2. The molecule has 0 bridgehead atoms. The van der Waals surface area contributed by atoms with Crippen molar-refractivity contribution in [2.24, 2.45) is 0 Å². The lowest BCUT2D eigenvalue weighted by Crippen LogP contribution is -1.78. The van der Waals surface area contributed by atoms with Crippen LogP contribution in [-0.2, 0) is 0 Å². The summed E-state index contributed by atoms with van der Waals surface area (Å²) < 4.78 is 0. The monoisotopic (exact) mass is 300 g/mol. The first kappa shape index (κ1) is 15.6. The summed E-state index contributed by atoms with van der Waals surface area (Å²) in [6.45, 7) is 4.28. The normalized spacial score (nSPS) is 13.1. The van der Waals surface area contributed by atoms with Gasteiger partial charge in [-0.05, 0) is 49.3 Å². The summed E-state index contributed by atoms with van der Waals surface area (Å²) in [6.07, 6.45) is 2.81. The van der Waals surface area contributed by atoms with Crippen molar-refractivity contribution in [2.45, 2.75) is 32.6 Å². The summed E-state index contributed by atoms with van der Waals surface area (Å²) in [7, 11) is 0. The van der Waals surface area contributed by atoms with Gasteiger partial charge in [0.15, 0.2) is 0 Å². The second-order valence-corrected chi connectivity index (χ2v) is 6.42. The lowest BCUT2D eigenvalue weighted by molar-refractivity contribution is 1.12. The van der Waals surface area contributed by atoms with E-state index < -0.39 is 0 Å². The van der Waals surface area contributed by atoms with E-state index in [-0.39, 0.29) is 0 Å². The standard InChI is InChI=1S/C13H12.C10H12/c1-11-6-5-9-13(10-11)12-7-3-2-4-8-12;1-8-3-2-4-10(7-8)9-5-6-9/h2-10H,1H3;2-4,7,9H,5-6H2,1H3. The van der Waals surface area contributed by atoms with Gasteiger partial charge in [0.1, 0.15) is 0 Å². The number of aryl methyl sites for hydroxylation is 2. The SMILES string of the molecule is Cc1cccc(-c2ccccc2)c1.Cc1cccc(C2CC2)c1. The molecule has 3 aromatic rings. The van der Waals surface area contributed by atoms with Crippen LogP contribution in [0.3, 0.4) is 0 Å². The highest BCUT2D eigenvalue weighted by atomic mass is 14.3. The van der Waals surface area contributed by atoms with Crippen LogP contribution in [0.15, 0.2) is 78.9 Å². The molecule has 0 atom stereocenters. The minimum atomic E-state index is 0.903. The predicted octanol–water partition coefficient (Wildman–Crippen LogP) is 6.53. The summed E-state index contributed by atoms with van der Waals surface area (Å²) in [5.74, 6) is 0.903. The van der Waals surface area contributed by atoms with E-state index in [1.807, 2.05) is 6.07 Å². The van der Waals surface area contributed by atoms with E-state index in [0.717, 1.165) is 5.92 Å². The molecule has 0 N–H and O–H groups in total. The van der Waals surface area contributed by atoms with Crippen LogP contribution < -0.4 is 0 Å². The van der Waals surface area contributed by atoms with Crippen LogP contribution in [0.4, 0.5) is 0 Å². The van der Waals surface area contributed by atoms with Gasteiger partial charge in [0, 0.05) is 0 Å². The smallest absolute Gasteiger partial charge is 0.0161 e. The molecule has 0 aliphatic heterocycles. The molecule has 0 aromatic heterocycles. The Bertz CT molecular complexity index is 752. The zero-order chi connectivity index (χ0) is 16.1. The van der Waals surface area contributed by atoms with Crippen molar-refractivity contribution in [1.82, 2.24) is 0 Å². The van der Waals surface area contributed by atoms with Crippen LogP contribution >= 0.6 is 0 Å². The highest BCUT2D eigenvalue weighted by Gasteiger charge is 2.22. The molecule has 4 rings (SSSR count). The van der Waals surface area contributed by atoms with Gasteiger partial charge in [-0.3, -0.25) is 0 Å². The molecule has 23 heavy (non-hydrogen) atoms. The number of hydrogen-bond acceptors (Lipinski definition) is 0. The van der Waals surface area contributed by atoms with E-state index >= 15 is 0 Å². The van der Waals surface area contributed by atoms with E-state index in [1.165, 1.54) is 35.1 Å². The molecule has 1 aliphatic rings. The topological polar surface area (TPSA) is 0 Å². The zero-order valence-corrected chi connectivity index (χ0v) is 14.0. The zero-order valence-electron chi connectivity index (χ0n) is 14.0. The average Bonchev–Trinajstić information content (AvgIpc) is 3.41. The highest BCUT2D eigenvalue weighted by Crippen LogP contribution is 2.39. The van der Waals surface area contributed by atoms with E-state index in [2.05, 4.69) is 86.6 Å². The van der Waals surface area contributed by atoms with Crippen LogP contribution in [0.25, 0.3) is 11.1 Å². The van der Waals surface area contributed by atoms with Crippen molar-refractivity contribution in [1.29, 1.82) is 0 Å². The van der Waals surface area contributed by atoms with Gasteiger partial charge < -0.3 is 0 Å². The molecule has 0 saturated heterocycles. The van der Waals surface area contributed by atoms with Crippen LogP contribution in [0.5, 0.6) is 0 Å². The molecule has 0 heteroatoms. The maximum atomic E-state index is 2.30. The lowest BCUT2D eigenvalue weighted by atomic mass is 10.0. The lowest BCUT2D eigenvalue weighted by Gasteiger charge is -2.01. The Morgan fingerprint density at radius 1 is 0.609 bits per heavy atom. The van der Waals surface area contributed by atoms with Crippen molar-refractivity contribution in [3.63, 3.8) is 0 Å². The van der Waals surface area contributed by atoms with Crippen molar-refractivity contribution in [3.05, 3.63) is 95.6 Å². The Hall–Kier alpha value is -2.34. The van der Waals surface area contributed by atoms with Crippen molar-refractivity contribution < 1.29 is 0 Å². The first-order valence-corrected chi connectivity index (χ1v) is 8.41. The van der Waals surface area contributed by atoms with Gasteiger partial charge in [0.25, 0.3) is 0 Å². The van der Waals surface area contributed by atoms with Gasteiger partial charge in [-0.25, -0.2) is 0 Å². The van der Waals surface area contributed by atoms with Crippen LogP contribution in [-0.4, -0.2) is 0 Å². The van der Waals surface area contributed by atoms with E-state index in [4.69, 9.17) is 0 Å². The molecule has 0 amide bonds. The van der Waals surface area contributed by atoms with E-state index in [9.17, 15) is 0 Å². The third-order valence-corrected chi connectivity index (χ3v) is 4.22. The molecular formula is C23H24. The Balaban J connectivity index is 0.000000140. The Morgan fingerprint density at radius 2 is 1.22 bits per heavy atom. The summed E-state index contributed by atoms with van der Waals surface area (Å²) in [5, 5.41) is 0. The fourth-order valence-corrected chi connectivity index (χ4v) is 2.80. The third-order valence-electron chi connectivity index (χ3n) is 4.22. The van der Waals surface area contributed by atoms with Crippen molar-refractivity contribution in [2.75, 3.05) is 0 Å². The average molecular weight is 300 g/mol. The summed E-state index contributed by atoms with van der Waals surface area (Å²) in [4.78, 5) is 0. The Kier molecular flexibility index (Phi) is 4.92. The fraction of sp³-hybridized carbons (Fsp3) is 0.217. The van der Waals surface area contributed by atoms with Crippen molar-refractivity contribution >= 4 is 0 Å². The van der Waals surface area contributed by atoms with Gasteiger partial charge in [-0.1, -0.05) is 90.0 Å². The number of benzene rings is 3. The molecule has 0 unspecified atom stereocenters. The summed E-state index contributed by atoms with van der Waals surface area (Å²) in [5.41, 5.74) is 6.82. The van der Waals surface area contributed by atoms with Gasteiger partial charge in [0.2, 0.25) is 0 Å². The van der Waals surface area contributed by atoms with Gasteiger partial charge in [0.05, 0.1) is 0 Å². The van der Waals surface area contributed by atoms with Crippen LogP contribution in [0.2, 0.25) is 0 Å². The van der Waals surface area contributed by atoms with Crippen LogP contribution in [0, 0.1) is 13.8 Å². The molecular weight excluding hydrogens is 276 g/mol. The molecule has 1 saturated carbocycles. The molecule has 0 heterocycles. The Morgan fingerprint density at radius 3 is 1.83 bits per heavy atom. The third kappa shape index (κ3) is 4.56. The molecule has 0 spiro atoms.